The fraction of sp³-hybridized carbons (Fsp3) is 0. The van der Waals surface area contributed by atoms with Gasteiger partial charge in [0.1, 0.15) is 5.82 Å². The van der Waals surface area contributed by atoms with Crippen LogP contribution in [0.25, 0.3) is 11.3 Å². The van der Waals surface area contributed by atoms with Gasteiger partial charge in [-0.25, -0.2) is 9.18 Å². The van der Waals surface area contributed by atoms with E-state index in [1.54, 1.807) is 6.07 Å². The molecule has 1 aromatic carbocycles. The first-order valence-electron chi connectivity index (χ1n) is 4.22. The maximum atomic E-state index is 12.6. The van der Waals surface area contributed by atoms with Gasteiger partial charge in [-0.3, -0.25) is 0 Å². The molecule has 2 aromatic rings. The average molecular weight is 206 g/mol. The van der Waals surface area contributed by atoms with E-state index in [-0.39, 0.29) is 5.82 Å². The molecule has 0 amide bonds. The van der Waals surface area contributed by atoms with Gasteiger partial charge in [-0.15, -0.1) is 0 Å². The van der Waals surface area contributed by atoms with E-state index in [0.717, 1.165) is 4.68 Å². The van der Waals surface area contributed by atoms with Gasteiger partial charge in [0.2, 0.25) is 0 Å². The zero-order valence-corrected chi connectivity index (χ0v) is 7.59. The molecular formula is C10H7FN2O2. The number of nitrogens with zero attached hydrogens (tertiary/aromatic N) is 2. The molecule has 1 heterocycles. The largest absolute Gasteiger partial charge is 0.463 e. The summed E-state index contributed by atoms with van der Waals surface area (Å²) in [5, 5.41) is 12.4. The van der Waals surface area contributed by atoms with Gasteiger partial charge >= 0.3 is 6.09 Å². The number of aromatic nitrogens is 2. The van der Waals surface area contributed by atoms with Crippen molar-refractivity contribution in [3.05, 3.63) is 42.3 Å². The molecule has 0 aliphatic carbocycles. The molecule has 0 aliphatic heterocycles. The molecule has 0 fully saturated rings. The third-order valence-corrected chi connectivity index (χ3v) is 1.96. The number of hydrogen-bond donors (Lipinski definition) is 1. The van der Waals surface area contributed by atoms with Crippen LogP contribution >= 0.6 is 0 Å². The predicted octanol–water partition coefficient (Wildman–Crippen LogP) is 2.22. The lowest BCUT2D eigenvalue weighted by molar-refractivity contribution is 0.193. The average Bonchev–Trinajstić information content (AvgIpc) is 2.67. The molecule has 76 valence electrons. The Kier molecular flexibility index (Phi) is 2.21. The van der Waals surface area contributed by atoms with Gasteiger partial charge in [-0.1, -0.05) is 0 Å². The van der Waals surface area contributed by atoms with E-state index in [1.165, 1.54) is 30.5 Å². The monoisotopic (exact) mass is 206 g/mol. The third kappa shape index (κ3) is 1.71. The fourth-order valence-corrected chi connectivity index (χ4v) is 1.29. The Bertz CT molecular complexity index is 490. The first-order chi connectivity index (χ1) is 7.18. The first kappa shape index (κ1) is 9.39. The van der Waals surface area contributed by atoms with Crippen LogP contribution in [0.4, 0.5) is 9.18 Å². The molecule has 1 N–H and O–H groups in total. The highest BCUT2D eigenvalue weighted by atomic mass is 19.1. The Labute approximate surface area is 84.6 Å². The number of carbonyl (C=O) groups is 1. The highest BCUT2D eigenvalue weighted by Gasteiger charge is 2.10. The van der Waals surface area contributed by atoms with Crippen LogP contribution in [0.15, 0.2) is 36.5 Å². The number of benzene rings is 1. The molecule has 0 atom stereocenters. The smallest absolute Gasteiger partial charge is 0.432 e. The lowest BCUT2D eigenvalue weighted by Gasteiger charge is -2.01. The second-order valence-corrected chi connectivity index (χ2v) is 2.92. The van der Waals surface area contributed by atoms with Gasteiger partial charge in [0, 0.05) is 5.56 Å². The van der Waals surface area contributed by atoms with Crippen molar-refractivity contribution in [1.29, 1.82) is 0 Å². The summed E-state index contributed by atoms with van der Waals surface area (Å²) in [5.74, 6) is -0.361. The summed E-state index contributed by atoms with van der Waals surface area (Å²) >= 11 is 0. The summed E-state index contributed by atoms with van der Waals surface area (Å²) in [5.41, 5.74) is 1.03. The van der Waals surface area contributed by atoms with Gasteiger partial charge in [-0.2, -0.15) is 9.78 Å². The molecule has 0 saturated carbocycles. The third-order valence-electron chi connectivity index (χ3n) is 1.96. The minimum Gasteiger partial charge on any atom is -0.463 e. The Morgan fingerprint density at radius 2 is 1.93 bits per heavy atom. The van der Waals surface area contributed by atoms with Crippen molar-refractivity contribution in [2.45, 2.75) is 0 Å². The molecule has 0 aliphatic rings. The van der Waals surface area contributed by atoms with Gasteiger partial charge in [0.25, 0.3) is 0 Å². The topological polar surface area (TPSA) is 55.1 Å². The van der Waals surface area contributed by atoms with Crippen LogP contribution in [0, 0.1) is 5.82 Å². The summed E-state index contributed by atoms with van der Waals surface area (Å²) in [6.45, 7) is 0. The summed E-state index contributed by atoms with van der Waals surface area (Å²) in [7, 11) is 0. The van der Waals surface area contributed by atoms with E-state index in [1.807, 2.05) is 0 Å². The molecule has 1 aromatic heterocycles. The minimum absolute atomic E-state index is 0.361. The van der Waals surface area contributed by atoms with Gasteiger partial charge in [0.05, 0.1) is 11.9 Å². The van der Waals surface area contributed by atoms with Crippen LogP contribution < -0.4 is 0 Å². The van der Waals surface area contributed by atoms with Crippen molar-refractivity contribution >= 4 is 6.09 Å². The maximum Gasteiger partial charge on any atom is 0.432 e. The van der Waals surface area contributed by atoms with E-state index >= 15 is 0 Å². The molecular weight excluding hydrogens is 199 g/mol. The number of rotatable bonds is 1. The molecule has 15 heavy (non-hydrogen) atoms. The van der Waals surface area contributed by atoms with Crippen LogP contribution in [0.2, 0.25) is 0 Å². The van der Waals surface area contributed by atoms with Gasteiger partial charge in [0.15, 0.2) is 0 Å². The number of hydrogen-bond acceptors (Lipinski definition) is 2. The van der Waals surface area contributed by atoms with Crippen LogP contribution in [0.1, 0.15) is 0 Å². The second-order valence-electron chi connectivity index (χ2n) is 2.92. The zero-order valence-electron chi connectivity index (χ0n) is 7.59. The molecule has 0 unspecified atom stereocenters. The zero-order chi connectivity index (χ0) is 10.8. The van der Waals surface area contributed by atoms with E-state index in [2.05, 4.69) is 5.10 Å². The molecule has 5 heteroatoms. The Balaban J connectivity index is 2.49. The Morgan fingerprint density at radius 3 is 2.53 bits per heavy atom. The van der Waals surface area contributed by atoms with Crippen molar-refractivity contribution in [1.82, 2.24) is 9.78 Å². The van der Waals surface area contributed by atoms with Crippen LogP contribution in [0.5, 0.6) is 0 Å². The molecule has 2 rings (SSSR count). The standard InChI is InChI=1S/C10H7FN2O2/c11-8-3-1-7(2-4-8)9-5-6-12-13(9)10(14)15/h1-6H,(H,14,15). The molecule has 0 radical (unpaired) electrons. The highest BCUT2D eigenvalue weighted by molar-refractivity contribution is 5.75. The maximum absolute atomic E-state index is 12.6. The van der Waals surface area contributed by atoms with Gasteiger partial charge in [-0.05, 0) is 30.3 Å². The summed E-state index contributed by atoms with van der Waals surface area (Å²) < 4.78 is 13.5. The van der Waals surface area contributed by atoms with Crippen molar-refractivity contribution in [3.8, 4) is 11.3 Å². The van der Waals surface area contributed by atoms with Crippen molar-refractivity contribution < 1.29 is 14.3 Å². The predicted molar refractivity (Wildman–Crippen MR) is 51.0 cm³/mol. The summed E-state index contributed by atoms with van der Waals surface area (Å²) in [6.07, 6.45) is 0.214. The molecule has 4 nitrogen and oxygen atoms in total. The Hall–Kier alpha value is -2.17. The molecule has 0 spiro atoms. The molecule has 0 bridgehead atoms. The normalized spacial score (nSPS) is 10.2. The van der Waals surface area contributed by atoms with Crippen molar-refractivity contribution in [2.75, 3.05) is 0 Å². The van der Waals surface area contributed by atoms with Crippen molar-refractivity contribution in [3.63, 3.8) is 0 Å². The second kappa shape index (κ2) is 3.53. The first-order valence-corrected chi connectivity index (χ1v) is 4.22. The van der Waals surface area contributed by atoms with E-state index in [0.29, 0.717) is 11.3 Å². The van der Waals surface area contributed by atoms with Crippen molar-refractivity contribution in [2.24, 2.45) is 0 Å². The van der Waals surface area contributed by atoms with E-state index in [4.69, 9.17) is 5.11 Å². The summed E-state index contributed by atoms with van der Waals surface area (Å²) in [6, 6.07) is 7.11. The number of carboxylic acid groups (broad SMARTS) is 1. The van der Waals surface area contributed by atoms with E-state index < -0.39 is 6.09 Å². The SMILES string of the molecule is O=C(O)n1nccc1-c1ccc(F)cc1. The number of halogens is 1. The quantitative estimate of drug-likeness (QED) is 0.778. The van der Waals surface area contributed by atoms with Crippen LogP contribution in [-0.4, -0.2) is 21.0 Å². The summed E-state index contributed by atoms with van der Waals surface area (Å²) in [4.78, 5) is 10.7. The molecule has 0 saturated heterocycles. The lowest BCUT2D eigenvalue weighted by Crippen LogP contribution is -2.10. The van der Waals surface area contributed by atoms with Gasteiger partial charge < -0.3 is 5.11 Å². The highest BCUT2D eigenvalue weighted by Crippen LogP contribution is 2.18. The van der Waals surface area contributed by atoms with Crippen LogP contribution in [-0.2, 0) is 0 Å². The van der Waals surface area contributed by atoms with E-state index in [9.17, 15) is 9.18 Å². The Morgan fingerprint density at radius 1 is 1.27 bits per heavy atom. The van der Waals surface area contributed by atoms with Crippen LogP contribution in [0.3, 0.4) is 0 Å². The minimum atomic E-state index is -1.17. The fourth-order valence-electron chi connectivity index (χ4n) is 1.29. The lowest BCUT2D eigenvalue weighted by atomic mass is 10.1.